The highest BCUT2D eigenvalue weighted by molar-refractivity contribution is 7.25. The van der Waals surface area contributed by atoms with E-state index in [0.717, 1.165) is 55.1 Å². The van der Waals surface area contributed by atoms with Crippen LogP contribution < -0.4 is 0 Å². The third-order valence-electron chi connectivity index (χ3n) is 9.40. The highest BCUT2D eigenvalue weighted by atomic mass is 32.1. The molecule has 10 aromatic rings. The lowest BCUT2D eigenvalue weighted by molar-refractivity contribution is 0.669. The number of furan rings is 1. The topological polar surface area (TPSA) is 51.8 Å². The summed E-state index contributed by atoms with van der Waals surface area (Å²) in [5.41, 5.74) is 8.85. The van der Waals surface area contributed by atoms with Gasteiger partial charge < -0.3 is 4.42 Å². The van der Waals surface area contributed by atoms with E-state index in [-0.39, 0.29) is 0 Å². The molecule has 0 aliphatic carbocycles. The van der Waals surface area contributed by atoms with Crippen LogP contribution in [0.4, 0.5) is 0 Å². The Bertz CT molecular complexity index is 2870. The second-order valence-electron chi connectivity index (χ2n) is 12.4. The lowest BCUT2D eigenvalue weighted by Crippen LogP contribution is -2.01. The third kappa shape index (κ3) is 4.71. The van der Waals surface area contributed by atoms with E-state index >= 15 is 0 Å². The third-order valence-corrected chi connectivity index (χ3v) is 10.5. The van der Waals surface area contributed by atoms with E-state index in [4.69, 9.17) is 19.4 Å². The average Bonchev–Trinajstić information content (AvgIpc) is 3.77. The van der Waals surface area contributed by atoms with Crippen LogP contribution in [-0.4, -0.2) is 15.0 Å². The van der Waals surface area contributed by atoms with Gasteiger partial charge >= 0.3 is 0 Å². The van der Waals surface area contributed by atoms with Gasteiger partial charge in [-0.25, -0.2) is 15.0 Å². The van der Waals surface area contributed by atoms with Crippen LogP contribution in [0.1, 0.15) is 0 Å². The monoisotopic (exact) mass is 657 g/mol. The fraction of sp³-hybridized carbons (Fsp3) is 0. The summed E-state index contributed by atoms with van der Waals surface area (Å²) in [4.78, 5) is 15.7. The first-order chi connectivity index (χ1) is 24.8. The van der Waals surface area contributed by atoms with Gasteiger partial charge in [0.25, 0.3) is 0 Å². The Labute approximate surface area is 292 Å². The van der Waals surface area contributed by atoms with E-state index in [1.165, 1.54) is 25.9 Å². The molecule has 0 N–H and O–H groups in total. The molecule has 3 aromatic heterocycles. The molecule has 234 valence electrons. The van der Waals surface area contributed by atoms with Gasteiger partial charge in [0.2, 0.25) is 0 Å². The minimum Gasteiger partial charge on any atom is -0.455 e. The van der Waals surface area contributed by atoms with Crippen LogP contribution in [0.3, 0.4) is 0 Å². The van der Waals surface area contributed by atoms with Crippen molar-refractivity contribution in [1.29, 1.82) is 0 Å². The molecular formula is C45H27N3OS. The standard InChI is InChI=1S/C45H27N3OS/c1-2-12-28(13-3-1)29-24-26-30(27-25-29)31-14-4-5-16-34(31)43-46-44(36-19-11-23-40-41(36)35-17-7-9-22-39(35)50-40)48-45(47-43)37-20-10-18-33-32-15-6-8-21-38(32)49-42(33)37/h1-27H. The average molecular weight is 658 g/mol. The molecule has 10 rings (SSSR count). The van der Waals surface area contributed by atoms with Crippen LogP contribution >= 0.6 is 11.3 Å². The van der Waals surface area contributed by atoms with Gasteiger partial charge in [0.1, 0.15) is 11.2 Å². The van der Waals surface area contributed by atoms with Gasteiger partial charge in [-0.1, -0.05) is 140 Å². The van der Waals surface area contributed by atoms with E-state index < -0.39 is 0 Å². The number of para-hydroxylation sites is 2. The first-order valence-corrected chi connectivity index (χ1v) is 17.4. The van der Waals surface area contributed by atoms with Gasteiger partial charge in [-0.3, -0.25) is 0 Å². The number of fused-ring (bicyclic) bond motifs is 6. The van der Waals surface area contributed by atoms with Crippen LogP contribution in [0.25, 0.3) is 98.5 Å². The molecule has 0 atom stereocenters. The second kappa shape index (κ2) is 11.6. The van der Waals surface area contributed by atoms with E-state index in [0.29, 0.717) is 17.5 Å². The highest BCUT2D eigenvalue weighted by Gasteiger charge is 2.21. The number of benzene rings is 7. The number of hydrogen-bond acceptors (Lipinski definition) is 5. The molecule has 0 saturated carbocycles. The molecule has 0 aliphatic heterocycles. The largest absolute Gasteiger partial charge is 0.455 e. The van der Waals surface area contributed by atoms with E-state index in [1.54, 1.807) is 11.3 Å². The number of thiophene rings is 1. The molecule has 0 bridgehead atoms. The predicted molar refractivity (Wildman–Crippen MR) is 207 cm³/mol. The lowest BCUT2D eigenvalue weighted by Gasteiger charge is -2.13. The quantitative estimate of drug-likeness (QED) is 0.185. The zero-order valence-corrected chi connectivity index (χ0v) is 27.6. The normalized spacial score (nSPS) is 11.6. The Morgan fingerprint density at radius 3 is 1.74 bits per heavy atom. The van der Waals surface area contributed by atoms with Crippen molar-refractivity contribution >= 4 is 53.4 Å². The summed E-state index contributed by atoms with van der Waals surface area (Å²) < 4.78 is 8.92. The Kier molecular flexibility index (Phi) is 6.64. The summed E-state index contributed by atoms with van der Waals surface area (Å²) in [7, 11) is 0. The molecule has 50 heavy (non-hydrogen) atoms. The molecule has 5 heteroatoms. The van der Waals surface area contributed by atoms with Crippen LogP contribution in [-0.2, 0) is 0 Å². The van der Waals surface area contributed by atoms with Crippen molar-refractivity contribution in [3.8, 4) is 56.4 Å². The van der Waals surface area contributed by atoms with Crippen molar-refractivity contribution in [3.63, 3.8) is 0 Å². The van der Waals surface area contributed by atoms with Crippen molar-refractivity contribution in [3.05, 3.63) is 164 Å². The maximum Gasteiger partial charge on any atom is 0.167 e. The molecule has 0 radical (unpaired) electrons. The molecule has 7 aromatic carbocycles. The zero-order valence-electron chi connectivity index (χ0n) is 26.7. The Morgan fingerprint density at radius 2 is 0.900 bits per heavy atom. The number of hydrogen-bond donors (Lipinski definition) is 0. The Morgan fingerprint density at radius 1 is 0.360 bits per heavy atom. The van der Waals surface area contributed by atoms with Crippen molar-refractivity contribution in [2.24, 2.45) is 0 Å². The maximum atomic E-state index is 6.49. The molecule has 0 saturated heterocycles. The summed E-state index contributed by atoms with van der Waals surface area (Å²) in [5, 5.41) is 4.46. The molecular weight excluding hydrogens is 631 g/mol. The van der Waals surface area contributed by atoms with E-state index in [2.05, 4.69) is 127 Å². The van der Waals surface area contributed by atoms with Crippen molar-refractivity contribution in [1.82, 2.24) is 15.0 Å². The van der Waals surface area contributed by atoms with Gasteiger partial charge in [0, 0.05) is 42.1 Å². The number of nitrogens with zero attached hydrogens (tertiary/aromatic N) is 3. The number of aromatic nitrogens is 3. The molecule has 0 amide bonds. The highest BCUT2D eigenvalue weighted by Crippen LogP contribution is 2.41. The molecule has 4 nitrogen and oxygen atoms in total. The Hall–Kier alpha value is -6.43. The van der Waals surface area contributed by atoms with Crippen LogP contribution in [0.2, 0.25) is 0 Å². The van der Waals surface area contributed by atoms with E-state index in [1.807, 2.05) is 36.4 Å². The molecule has 3 heterocycles. The fourth-order valence-electron chi connectivity index (χ4n) is 7.02. The van der Waals surface area contributed by atoms with Gasteiger partial charge in [-0.05, 0) is 46.5 Å². The van der Waals surface area contributed by atoms with Gasteiger partial charge in [0.15, 0.2) is 17.5 Å². The van der Waals surface area contributed by atoms with Gasteiger partial charge in [0.05, 0.1) is 5.56 Å². The van der Waals surface area contributed by atoms with E-state index in [9.17, 15) is 0 Å². The zero-order chi connectivity index (χ0) is 33.0. The molecule has 0 unspecified atom stereocenters. The number of rotatable bonds is 5. The first-order valence-electron chi connectivity index (χ1n) is 16.6. The molecule has 0 fully saturated rings. The predicted octanol–water partition coefficient (Wildman–Crippen LogP) is 12.5. The maximum absolute atomic E-state index is 6.49. The van der Waals surface area contributed by atoms with Crippen LogP contribution in [0.5, 0.6) is 0 Å². The van der Waals surface area contributed by atoms with Gasteiger partial charge in [-0.15, -0.1) is 11.3 Å². The summed E-state index contributed by atoms with van der Waals surface area (Å²) >= 11 is 1.79. The summed E-state index contributed by atoms with van der Waals surface area (Å²) in [6.07, 6.45) is 0. The van der Waals surface area contributed by atoms with Gasteiger partial charge in [-0.2, -0.15) is 0 Å². The van der Waals surface area contributed by atoms with Crippen molar-refractivity contribution in [2.45, 2.75) is 0 Å². The van der Waals surface area contributed by atoms with Crippen LogP contribution in [0, 0.1) is 0 Å². The SMILES string of the molecule is c1ccc(-c2ccc(-c3ccccc3-c3nc(-c4cccc5c4oc4ccccc45)nc(-c4cccc5sc6ccccc6c45)n3)cc2)cc1. The summed E-state index contributed by atoms with van der Waals surface area (Å²) in [5.74, 6) is 1.80. The van der Waals surface area contributed by atoms with Crippen LogP contribution in [0.15, 0.2) is 168 Å². The lowest BCUT2D eigenvalue weighted by atomic mass is 9.96. The summed E-state index contributed by atoms with van der Waals surface area (Å²) in [6, 6.07) is 56.8. The molecule has 0 aliphatic rings. The minimum absolute atomic E-state index is 0.570. The van der Waals surface area contributed by atoms with Crippen molar-refractivity contribution in [2.75, 3.05) is 0 Å². The minimum atomic E-state index is 0.570. The Balaban J connectivity index is 1.21. The molecule has 0 spiro atoms. The first kappa shape index (κ1) is 28.6. The fourth-order valence-corrected chi connectivity index (χ4v) is 8.16. The second-order valence-corrected chi connectivity index (χ2v) is 13.4. The summed E-state index contributed by atoms with van der Waals surface area (Å²) in [6.45, 7) is 0. The smallest absolute Gasteiger partial charge is 0.167 e. The van der Waals surface area contributed by atoms with Crippen molar-refractivity contribution < 1.29 is 4.42 Å².